The van der Waals surface area contributed by atoms with Crippen molar-refractivity contribution in [1.82, 2.24) is 20.1 Å². The summed E-state index contributed by atoms with van der Waals surface area (Å²) in [5.74, 6) is 0.934. The van der Waals surface area contributed by atoms with E-state index in [9.17, 15) is 4.39 Å². The number of fused-ring (bicyclic) bond motifs is 2. The third kappa shape index (κ3) is 3.02. The first-order chi connectivity index (χ1) is 14.0. The minimum Gasteiger partial charge on any atom is -0.496 e. The minimum atomic E-state index is -0.381. The average Bonchev–Trinajstić information content (AvgIpc) is 3.32. The van der Waals surface area contributed by atoms with Crippen LogP contribution in [0.2, 0.25) is 0 Å². The summed E-state index contributed by atoms with van der Waals surface area (Å²) in [6.07, 6.45) is 5.52. The van der Waals surface area contributed by atoms with Crippen molar-refractivity contribution >= 4 is 22.5 Å². The second-order valence-electron chi connectivity index (χ2n) is 7.79. The molecule has 1 aliphatic carbocycles. The van der Waals surface area contributed by atoms with Gasteiger partial charge in [-0.25, -0.2) is 14.4 Å². The lowest BCUT2D eigenvalue weighted by molar-refractivity contribution is 0.237. The van der Waals surface area contributed by atoms with Gasteiger partial charge in [0.2, 0.25) is 0 Å². The van der Waals surface area contributed by atoms with Crippen molar-refractivity contribution in [2.24, 2.45) is 4.99 Å². The molecule has 0 radical (unpaired) electrons. The Kier molecular flexibility index (Phi) is 4.38. The van der Waals surface area contributed by atoms with E-state index in [0.29, 0.717) is 28.4 Å². The maximum atomic E-state index is 15.0. The monoisotopic (exact) mass is 397 g/mol. The molecule has 7 nitrogen and oxygen atoms in total. The van der Waals surface area contributed by atoms with Gasteiger partial charge in [-0.1, -0.05) is 0 Å². The van der Waals surface area contributed by atoms with Gasteiger partial charge in [0.25, 0.3) is 0 Å². The zero-order valence-corrected chi connectivity index (χ0v) is 16.8. The first-order valence-electron chi connectivity index (χ1n) is 9.99. The molecule has 0 bridgehead atoms. The second kappa shape index (κ2) is 6.95. The van der Waals surface area contributed by atoms with Gasteiger partial charge >= 0.3 is 0 Å². The fourth-order valence-electron chi connectivity index (χ4n) is 4.47. The normalized spacial score (nSPS) is 25.0. The maximum absolute atomic E-state index is 15.0. The number of hydrogen-bond acceptors (Lipinski definition) is 6. The molecule has 1 N–H and O–H groups in total. The van der Waals surface area contributed by atoms with E-state index in [0.717, 1.165) is 37.1 Å². The summed E-state index contributed by atoms with van der Waals surface area (Å²) in [6, 6.07) is 1.60. The lowest BCUT2D eigenvalue weighted by Gasteiger charge is -2.25. The SMILES string of the molecule is COC1=C(C)C2N=C(C)OC2C=C1c1cc(F)c2nn(C3CCNCC3)cc2n1. The summed E-state index contributed by atoms with van der Waals surface area (Å²) in [4.78, 5) is 9.27. The first-order valence-corrected chi connectivity index (χ1v) is 9.99. The highest BCUT2D eigenvalue weighted by Crippen LogP contribution is 2.37. The molecule has 5 rings (SSSR count). The molecule has 2 atom stereocenters. The lowest BCUT2D eigenvalue weighted by atomic mass is 9.90. The average molecular weight is 397 g/mol. The lowest BCUT2D eigenvalue weighted by Crippen LogP contribution is -2.29. The molecule has 0 aromatic carbocycles. The minimum absolute atomic E-state index is 0.107. The van der Waals surface area contributed by atoms with Gasteiger partial charge in [0.05, 0.1) is 25.0 Å². The van der Waals surface area contributed by atoms with E-state index in [2.05, 4.69) is 15.4 Å². The highest BCUT2D eigenvalue weighted by atomic mass is 19.1. The molecule has 8 heteroatoms. The van der Waals surface area contributed by atoms with Crippen molar-refractivity contribution in [1.29, 1.82) is 0 Å². The Labute approximate surface area is 168 Å². The van der Waals surface area contributed by atoms with Crippen LogP contribution in [0.5, 0.6) is 0 Å². The quantitative estimate of drug-likeness (QED) is 0.862. The number of hydrogen-bond donors (Lipinski definition) is 1. The Balaban J connectivity index is 1.57. The first kappa shape index (κ1) is 18.3. The molecule has 1 fully saturated rings. The number of ether oxygens (including phenoxy) is 2. The largest absolute Gasteiger partial charge is 0.496 e. The number of piperidine rings is 1. The van der Waals surface area contributed by atoms with Crippen molar-refractivity contribution < 1.29 is 13.9 Å². The molecule has 0 spiro atoms. The molecule has 2 aromatic heterocycles. The van der Waals surface area contributed by atoms with Crippen LogP contribution >= 0.6 is 0 Å². The highest BCUT2D eigenvalue weighted by molar-refractivity contribution is 5.85. The third-order valence-electron chi connectivity index (χ3n) is 5.92. The van der Waals surface area contributed by atoms with E-state index in [1.165, 1.54) is 6.07 Å². The molecule has 2 aromatic rings. The van der Waals surface area contributed by atoms with E-state index in [4.69, 9.17) is 14.5 Å². The van der Waals surface area contributed by atoms with Crippen LogP contribution in [0.1, 0.15) is 38.4 Å². The molecule has 2 aliphatic heterocycles. The molecular weight excluding hydrogens is 373 g/mol. The number of allylic oxidation sites excluding steroid dienone is 1. The van der Waals surface area contributed by atoms with Crippen molar-refractivity contribution in [2.45, 2.75) is 44.9 Å². The zero-order valence-electron chi connectivity index (χ0n) is 16.8. The maximum Gasteiger partial charge on any atom is 0.181 e. The number of aromatic nitrogens is 3. The van der Waals surface area contributed by atoms with Crippen LogP contribution in [0, 0.1) is 5.82 Å². The topological polar surface area (TPSA) is 73.6 Å². The van der Waals surface area contributed by atoms with E-state index < -0.39 is 0 Å². The number of aliphatic imine (C=N–C) groups is 1. The standard InChI is InChI=1S/C21H24FN5O2/c1-11-19-18(29-12(2)24-19)8-14(21(11)28-3)16-9-15(22)20-17(25-16)10-27(26-20)13-4-6-23-7-5-13/h8-10,13,18-19,23H,4-7H2,1-3H3. The van der Waals surface area contributed by atoms with Crippen molar-refractivity contribution in [3.05, 3.63) is 41.2 Å². The van der Waals surface area contributed by atoms with Gasteiger partial charge in [0, 0.05) is 18.6 Å². The van der Waals surface area contributed by atoms with Crippen LogP contribution in [0.15, 0.2) is 34.7 Å². The number of nitrogens with zero attached hydrogens (tertiary/aromatic N) is 4. The Hall–Kier alpha value is -2.74. The van der Waals surface area contributed by atoms with Crippen molar-refractivity contribution in [3.8, 4) is 0 Å². The smallest absolute Gasteiger partial charge is 0.181 e. The second-order valence-corrected chi connectivity index (χ2v) is 7.79. The summed E-state index contributed by atoms with van der Waals surface area (Å²) < 4.78 is 28.3. The molecule has 29 heavy (non-hydrogen) atoms. The predicted octanol–water partition coefficient (Wildman–Crippen LogP) is 3.00. The van der Waals surface area contributed by atoms with Gasteiger partial charge in [0.15, 0.2) is 11.7 Å². The number of halogens is 1. The molecular formula is C21H24FN5O2. The van der Waals surface area contributed by atoms with Gasteiger partial charge in [-0.05, 0) is 44.5 Å². The highest BCUT2D eigenvalue weighted by Gasteiger charge is 2.36. The number of pyridine rings is 1. The van der Waals surface area contributed by atoms with Crippen LogP contribution in [-0.2, 0) is 9.47 Å². The summed E-state index contributed by atoms with van der Waals surface area (Å²) in [7, 11) is 1.61. The van der Waals surface area contributed by atoms with E-state index >= 15 is 0 Å². The van der Waals surface area contributed by atoms with Crippen LogP contribution < -0.4 is 5.32 Å². The van der Waals surface area contributed by atoms with Gasteiger partial charge in [0.1, 0.15) is 28.9 Å². The van der Waals surface area contributed by atoms with Crippen molar-refractivity contribution in [2.75, 3.05) is 20.2 Å². The Morgan fingerprint density at radius 3 is 2.83 bits per heavy atom. The summed E-state index contributed by atoms with van der Waals surface area (Å²) in [6.45, 7) is 5.70. The van der Waals surface area contributed by atoms with Gasteiger partial charge < -0.3 is 14.8 Å². The fourth-order valence-corrected chi connectivity index (χ4v) is 4.47. The van der Waals surface area contributed by atoms with E-state index in [1.54, 1.807) is 7.11 Å². The molecule has 152 valence electrons. The number of methoxy groups -OCH3 is 1. The third-order valence-corrected chi connectivity index (χ3v) is 5.92. The summed E-state index contributed by atoms with van der Waals surface area (Å²) in [5.41, 5.74) is 3.06. The fraction of sp³-hybridized carbons (Fsp3) is 0.476. The molecule has 0 amide bonds. The Bertz CT molecular complexity index is 1060. The Morgan fingerprint density at radius 2 is 2.07 bits per heavy atom. The molecule has 3 aliphatic rings. The van der Waals surface area contributed by atoms with Crippen LogP contribution in [0.25, 0.3) is 16.6 Å². The van der Waals surface area contributed by atoms with Crippen molar-refractivity contribution in [3.63, 3.8) is 0 Å². The van der Waals surface area contributed by atoms with Gasteiger partial charge in [-0.2, -0.15) is 5.10 Å². The molecule has 4 heterocycles. The van der Waals surface area contributed by atoms with Gasteiger partial charge in [-0.3, -0.25) is 4.68 Å². The molecule has 1 saturated heterocycles. The van der Waals surface area contributed by atoms with Crippen LogP contribution in [0.3, 0.4) is 0 Å². The number of nitrogens with one attached hydrogen (secondary N) is 1. The Morgan fingerprint density at radius 1 is 1.28 bits per heavy atom. The van der Waals surface area contributed by atoms with Crippen LogP contribution in [-0.4, -0.2) is 53.0 Å². The van der Waals surface area contributed by atoms with Crippen LogP contribution in [0.4, 0.5) is 4.39 Å². The summed E-state index contributed by atoms with van der Waals surface area (Å²) >= 11 is 0. The molecule has 2 unspecified atom stereocenters. The van der Waals surface area contributed by atoms with E-state index in [1.807, 2.05) is 30.8 Å². The summed E-state index contributed by atoms with van der Waals surface area (Å²) in [5, 5.41) is 7.83. The predicted molar refractivity (Wildman–Crippen MR) is 108 cm³/mol. The van der Waals surface area contributed by atoms with Gasteiger partial charge in [-0.15, -0.1) is 0 Å². The molecule has 0 saturated carbocycles. The number of rotatable bonds is 3. The van der Waals surface area contributed by atoms with E-state index in [-0.39, 0.29) is 24.0 Å². The zero-order chi connectivity index (χ0) is 20.1.